The Kier molecular flexibility index (Phi) is 11.9. The summed E-state index contributed by atoms with van der Waals surface area (Å²) < 4.78 is 45.0. The first kappa shape index (κ1) is 21.6. The molecule has 25 heavy (non-hydrogen) atoms. The monoisotopic (exact) mass is 354 g/mol. The molecule has 0 atom stereocenters. The Labute approximate surface area is 150 Å². The van der Waals surface area contributed by atoms with Gasteiger partial charge in [-0.15, -0.1) is 0 Å². The van der Waals surface area contributed by atoms with E-state index in [4.69, 9.17) is 4.74 Å². The summed E-state index contributed by atoms with van der Waals surface area (Å²) in [6, 6.07) is 1.31. The van der Waals surface area contributed by atoms with Crippen molar-refractivity contribution in [3.05, 3.63) is 35.1 Å². The van der Waals surface area contributed by atoms with Crippen molar-refractivity contribution in [2.45, 2.75) is 71.1 Å². The highest BCUT2D eigenvalue weighted by Gasteiger charge is 2.08. The second-order valence-corrected chi connectivity index (χ2v) is 6.24. The Hall–Kier alpha value is -1.47. The predicted octanol–water partition coefficient (Wildman–Crippen LogP) is 6.39. The highest BCUT2D eigenvalue weighted by molar-refractivity contribution is 5.36. The van der Waals surface area contributed by atoms with E-state index in [1.54, 1.807) is 0 Å². The fourth-order valence-corrected chi connectivity index (χ4v) is 2.54. The second kappa shape index (κ2) is 13.8. The van der Waals surface area contributed by atoms with Crippen molar-refractivity contribution < 1.29 is 17.9 Å². The van der Waals surface area contributed by atoms with Crippen LogP contribution in [0, 0.1) is 29.3 Å². The largest absolute Gasteiger partial charge is 0.381 e. The van der Waals surface area contributed by atoms with Crippen LogP contribution in [0.15, 0.2) is 12.1 Å². The lowest BCUT2D eigenvalue weighted by Crippen LogP contribution is -1.95. The van der Waals surface area contributed by atoms with Gasteiger partial charge in [-0.25, -0.2) is 13.2 Å². The number of hydrogen-bond donors (Lipinski definition) is 0. The topological polar surface area (TPSA) is 9.23 Å². The van der Waals surface area contributed by atoms with Crippen LogP contribution < -0.4 is 0 Å². The van der Waals surface area contributed by atoms with Gasteiger partial charge in [0.15, 0.2) is 0 Å². The van der Waals surface area contributed by atoms with Crippen LogP contribution in [0.1, 0.15) is 76.7 Å². The molecule has 1 aromatic rings. The molecule has 140 valence electrons. The summed E-state index contributed by atoms with van der Waals surface area (Å²) in [5.41, 5.74) is -0.343. The number of unbranched alkanes of at least 4 members (excludes halogenated alkanes) is 8. The Bertz CT molecular complexity index is 523. The minimum atomic E-state index is -0.940. The minimum absolute atomic E-state index is 0.343. The van der Waals surface area contributed by atoms with Gasteiger partial charge >= 0.3 is 0 Å². The van der Waals surface area contributed by atoms with Gasteiger partial charge in [0, 0.05) is 31.8 Å². The summed E-state index contributed by atoms with van der Waals surface area (Å²) in [6.45, 7) is 3.86. The summed E-state index contributed by atoms with van der Waals surface area (Å²) in [4.78, 5) is 0. The Balaban J connectivity index is 2.01. The van der Waals surface area contributed by atoms with Crippen molar-refractivity contribution in [2.24, 2.45) is 0 Å². The molecule has 0 N–H and O–H groups in total. The fourth-order valence-electron chi connectivity index (χ4n) is 2.54. The molecule has 0 aliphatic heterocycles. The third-order valence-electron chi connectivity index (χ3n) is 3.91. The molecule has 0 unspecified atom stereocenters. The summed E-state index contributed by atoms with van der Waals surface area (Å²) in [6.07, 6.45) is 10.9. The normalized spacial score (nSPS) is 10.6. The lowest BCUT2D eigenvalue weighted by Gasteiger charge is -2.03. The molecule has 0 bridgehead atoms. The van der Waals surface area contributed by atoms with Crippen molar-refractivity contribution in [3.63, 3.8) is 0 Å². The summed E-state index contributed by atoms with van der Waals surface area (Å²) in [5.74, 6) is 2.44. The van der Waals surface area contributed by atoms with Gasteiger partial charge in [0.25, 0.3) is 0 Å². The average Bonchev–Trinajstić information content (AvgIpc) is 2.57. The quantitative estimate of drug-likeness (QED) is 0.312. The van der Waals surface area contributed by atoms with Gasteiger partial charge in [0.2, 0.25) is 0 Å². The van der Waals surface area contributed by atoms with Gasteiger partial charge in [-0.3, -0.25) is 0 Å². The maximum absolute atomic E-state index is 13.4. The van der Waals surface area contributed by atoms with E-state index in [1.165, 1.54) is 25.7 Å². The van der Waals surface area contributed by atoms with Crippen LogP contribution in [-0.4, -0.2) is 13.2 Å². The van der Waals surface area contributed by atoms with Crippen LogP contribution in [0.2, 0.25) is 0 Å². The molecular formula is C21H29F3O. The molecule has 1 nitrogen and oxygen atoms in total. The zero-order valence-electron chi connectivity index (χ0n) is 15.2. The van der Waals surface area contributed by atoms with Gasteiger partial charge in [0.05, 0.1) is 5.56 Å². The number of hydrogen-bond acceptors (Lipinski definition) is 1. The highest BCUT2D eigenvalue weighted by Crippen LogP contribution is 2.14. The van der Waals surface area contributed by atoms with Crippen molar-refractivity contribution in [1.82, 2.24) is 0 Å². The molecule has 1 rings (SSSR count). The molecular weight excluding hydrogens is 325 g/mol. The zero-order chi connectivity index (χ0) is 18.3. The van der Waals surface area contributed by atoms with E-state index >= 15 is 0 Å². The Morgan fingerprint density at radius 3 is 1.96 bits per heavy atom. The van der Waals surface area contributed by atoms with E-state index in [0.29, 0.717) is 18.6 Å². The van der Waals surface area contributed by atoms with E-state index in [2.05, 4.69) is 18.8 Å². The van der Waals surface area contributed by atoms with Gasteiger partial charge in [0.1, 0.15) is 17.5 Å². The van der Waals surface area contributed by atoms with Gasteiger partial charge in [-0.1, -0.05) is 57.3 Å². The van der Waals surface area contributed by atoms with Crippen LogP contribution in [0.25, 0.3) is 0 Å². The van der Waals surface area contributed by atoms with Crippen LogP contribution in [0.3, 0.4) is 0 Å². The number of ether oxygens (including phenoxy) is 1. The molecule has 0 saturated carbocycles. The average molecular weight is 354 g/mol. The van der Waals surface area contributed by atoms with E-state index in [0.717, 1.165) is 45.3 Å². The van der Waals surface area contributed by atoms with Gasteiger partial charge < -0.3 is 4.74 Å². The van der Waals surface area contributed by atoms with Crippen LogP contribution in [0.5, 0.6) is 0 Å². The standard InChI is InChI=1S/C21H29F3O/c1-2-14-25-15-12-10-8-6-4-3-5-7-9-11-13-19-20(23)16-18(22)17-21(19)24/h16-17H,2-10,12,14-15H2,1H3. The lowest BCUT2D eigenvalue weighted by atomic mass is 10.1. The number of rotatable bonds is 12. The first-order valence-corrected chi connectivity index (χ1v) is 9.36. The number of halogens is 3. The number of benzene rings is 1. The molecule has 1 aromatic carbocycles. The van der Waals surface area contributed by atoms with Crippen LogP contribution in [0.4, 0.5) is 13.2 Å². The van der Waals surface area contributed by atoms with Gasteiger partial charge in [-0.05, 0) is 19.3 Å². The van der Waals surface area contributed by atoms with Crippen molar-refractivity contribution >= 4 is 0 Å². The maximum Gasteiger partial charge on any atom is 0.144 e. The SMILES string of the molecule is CCCOCCCCCCCCCCC#Cc1c(F)cc(F)cc1F. The van der Waals surface area contributed by atoms with Crippen LogP contribution in [-0.2, 0) is 4.74 Å². The fraction of sp³-hybridized carbons (Fsp3) is 0.619. The molecule has 0 amide bonds. The second-order valence-electron chi connectivity index (χ2n) is 6.24. The molecule has 0 aliphatic rings. The van der Waals surface area contributed by atoms with Crippen LogP contribution >= 0.6 is 0 Å². The maximum atomic E-state index is 13.4. The van der Waals surface area contributed by atoms with E-state index in [1.807, 2.05) is 0 Å². The minimum Gasteiger partial charge on any atom is -0.381 e. The molecule has 4 heteroatoms. The van der Waals surface area contributed by atoms with Crippen molar-refractivity contribution in [2.75, 3.05) is 13.2 Å². The summed E-state index contributed by atoms with van der Waals surface area (Å²) in [5, 5.41) is 0. The molecule has 0 heterocycles. The lowest BCUT2D eigenvalue weighted by molar-refractivity contribution is 0.130. The third kappa shape index (κ3) is 10.2. The van der Waals surface area contributed by atoms with Crippen molar-refractivity contribution in [3.8, 4) is 11.8 Å². The molecule has 0 aromatic heterocycles. The van der Waals surface area contributed by atoms with Gasteiger partial charge in [-0.2, -0.15) is 0 Å². The van der Waals surface area contributed by atoms with E-state index in [9.17, 15) is 13.2 Å². The van der Waals surface area contributed by atoms with E-state index < -0.39 is 17.5 Å². The first-order valence-electron chi connectivity index (χ1n) is 9.36. The first-order chi connectivity index (χ1) is 12.1. The molecule has 0 aliphatic carbocycles. The smallest absolute Gasteiger partial charge is 0.144 e. The highest BCUT2D eigenvalue weighted by atomic mass is 19.1. The summed E-state index contributed by atoms with van der Waals surface area (Å²) >= 11 is 0. The molecule has 0 fully saturated rings. The molecule has 0 saturated heterocycles. The van der Waals surface area contributed by atoms with E-state index in [-0.39, 0.29) is 5.56 Å². The Morgan fingerprint density at radius 2 is 1.36 bits per heavy atom. The van der Waals surface area contributed by atoms with Crippen molar-refractivity contribution in [1.29, 1.82) is 0 Å². The summed E-state index contributed by atoms with van der Waals surface area (Å²) in [7, 11) is 0. The molecule has 0 radical (unpaired) electrons. The zero-order valence-corrected chi connectivity index (χ0v) is 15.2. The Morgan fingerprint density at radius 1 is 0.800 bits per heavy atom. The predicted molar refractivity (Wildman–Crippen MR) is 95.9 cm³/mol. The third-order valence-corrected chi connectivity index (χ3v) is 3.91. The molecule has 0 spiro atoms.